The molecule has 0 amide bonds. The summed E-state index contributed by atoms with van der Waals surface area (Å²) in [4.78, 5) is 2.35. The van der Waals surface area contributed by atoms with Crippen molar-refractivity contribution in [1.29, 1.82) is 0 Å². The molecule has 31 heavy (non-hydrogen) atoms. The van der Waals surface area contributed by atoms with E-state index in [9.17, 15) is 0 Å². The first kappa shape index (κ1) is 20.7. The van der Waals surface area contributed by atoms with E-state index in [0.29, 0.717) is 0 Å². The molecule has 0 aromatic heterocycles. The summed E-state index contributed by atoms with van der Waals surface area (Å²) in [6.07, 6.45) is 0.930. The molecule has 0 aliphatic rings. The number of aryl methyl sites for hydroxylation is 1. The molecule has 2 nitrogen and oxygen atoms in total. The lowest BCUT2D eigenvalue weighted by molar-refractivity contribution is 0.475. The lowest BCUT2D eigenvalue weighted by Gasteiger charge is -2.24. The van der Waals surface area contributed by atoms with Gasteiger partial charge in [-0.25, -0.2) is 0 Å². The number of rotatable bonds is 8. The highest BCUT2D eigenvalue weighted by Gasteiger charge is 2.10. The van der Waals surface area contributed by atoms with Gasteiger partial charge in [-0.1, -0.05) is 78.4 Å². The van der Waals surface area contributed by atoms with Gasteiger partial charge in [0.25, 0.3) is 0 Å². The highest BCUT2D eigenvalue weighted by atomic mass is 16.5. The predicted octanol–water partition coefficient (Wildman–Crippen LogP) is 7.40. The second kappa shape index (κ2) is 9.99. The van der Waals surface area contributed by atoms with Crippen molar-refractivity contribution in [3.63, 3.8) is 0 Å². The standard InChI is InChI=1S/C29H29NO/c1-3-30(27-10-5-4-6-11-27)22-26-9-7-8-12-29(26)31-28-19-17-25(18-20-28)21-24-15-13-23(2)14-16-24/h4-20H,3,21-22H2,1-2H3. The van der Waals surface area contributed by atoms with Gasteiger partial charge in [0.05, 0.1) is 0 Å². The van der Waals surface area contributed by atoms with Gasteiger partial charge in [0, 0.05) is 24.3 Å². The van der Waals surface area contributed by atoms with E-state index in [1.165, 1.54) is 27.9 Å². The Morgan fingerprint density at radius 3 is 1.97 bits per heavy atom. The second-order valence-electron chi connectivity index (χ2n) is 7.87. The number of nitrogens with zero attached hydrogens (tertiary/aromatic N) is 1. The lowest BCUT2D eigenvalue weighted by atomic mass is 10.0. The van der Waals surface area contributed by atoms with Crippen molar-refractivity contribution in [3.8, 4) is 11.5 Å². The van der Waals surface area contributed by atoms with E-state index in [0.717, 1.165) is 31.0 Å². The monoisotopic (exact) mass is 407 g/mol. The van der Waals surface area contributed by atoms with Gasteiger partial charge < -0.3 is 9.64 Å². The van der Waals surface area contributed by atoms with Crippen LogP contribution in [0.1, 0.15) is 29.2 Å². The first-order valence-corrected chi connectivity index (χ1v) is 10.9. The zero-order valence-corrected chi connectivity index (χ0v) is 18.3. The summed E-state index contributed by atoms with van der Waals surface area (Å²) in [5.41, 5.74) is 6.30. The first-order valence-electron chi connectivity index (χ1n) is 10.9. The van der Waals surface area contributed by atoms with Gasteiger partial charge in [0.1, 0.15) is 11.5 Å². The smallest absolute Gasteiger partial charge is 0.132 e. The van der Waals surface area contributed by atoms with Crippen LogP contribution in [0.5, 0.6) is 11.5 Å². The van der Waals surface area contributed by atoms with Crippen molar-refractivity contribution in [2.75, 3.05) is 11.4 Å². The van der Waals surface area contributed by atoms with E-state index in [1.807, 2.05) is 12.1 Å². The fourth-order valence-corrected chi connectivity index (χ4v) is 3.71. The zero-order chi connectivity index (χ0) is 21.5. The van der Waals surface area contributed by atoms with Crippen LogP contribution >= 0.6 is 0 Å². The molecule has 0 radical (unpaired) electrons. The summed E-state index contributed by atoms with van der Waals surface area (Å²) >= 11 is 0. The Labute approximate surface area is 185 Å². The maximum absolute atomic E-state index is 6.29. The summed E-state index contributed by atoms with van der Waals surface area (Å²) in [6.45, 7) is 6.05. The second-order valence-corrected chi connectivity index (χ2v) is 7.87. The van der Waals surface area contributed by atoms with E-state index in [-0.39, 0.29) is 0 Å². The van der Waals surface area contributed by atoms with E-state index in [4.69, 9.17) is 4.74 Å². The Morgan fingerprint density at radius 1 is 0.677 bits per heavy atom. The summed E-state index contributed by atoms with van der Waals surface area (Å²) in [5.74, 6) is 1.77. The van der Waals surface area contributed by atoms with Crippen molar-refractivity contribution >= 4 is 5.69 Å². The third-order valence-electron chi connectivity index (χ3n) is 5.52. The van der Waals surface area contributed by atoms with Gasteiger partial charge in [-0.2, -0.15) is 0 Å². The minimum absolute atomic E-state index is 0.808. The maximum atomic E-state index is 6.29. The van der Waals surface area contributed by atoms with Crippen molar-refractivity contribution in [3.05, 3.63) is 125 Å². The van der Waals surface area contributed by atoms with Crippen LogP contribution in [-0.2, 0) is 13.0 Å². The molecule has 0 spiro atoms. The van der Waals surface area contributed by atoms with Crippen LogP contribution in [0.3, 0.4) is 0 Å². The van der Waals surface area contributed by atoms with Crippen molar-refractivity contribution in [1.82, 2.24) is 0 Å². The largest absolute Gasteiger partial charge is 0.457 e. The topological polar surface area (TPSA) is 12.5 Å². The maximum Gasteiger partial charge on any atom is 0.132 e. The van der Waals surface area contributed by atoms with Crippen LogP contribution in [-0.4, -0.2) is 6.54 Å². The molecule has 0 heterocycles. The molecule has 156 valence electrons. The zero-order valence-electron chi connectivity index (χ0n) is 18.3. The highest BCUT2D eigenvalue weighted by Crippen LogP contribution is 2.28. The number of para-hydroxylation sites is 2. The minimum Gasteiger partial charge on any atom is -0.457 e. The molecule has 2 heteroatoms. The summed E-state index contributed by atoms with van der Waals surface area (Å²) in [6, 6.07) is 36.0. The lowest BCUT2D eigenvalue weighted by Crippen LogP contribution is -2.22. The van der Waals surface area contributed by atoms with Crippen LogP contribution in [0.2, 0.25) is 0 Å². The van der Waals surface area contributed by atoms with E-state index in [2.05, 4.69) is 110 Å². The number of anilines is 1. The molecular weight excluding hydrogens is 378 g/mol. The Morgan fingerprint density at radius 2 is 1.29 bits per heavy atom. The summed E-state index contributed by atoms with van der Waals surface area (Å²) in [7, 11) is 0. The Kier molecular flexibility index (Phi) is 6.68. The quantitative estimate of drug-likeness (QED) is 0.302. The van der Waals surface area contributed by atoms with Crippen molar-refractivity contribution < 1.29 is 4.74 Å². The molecule has 4 aromatic carbocycles. The van der Waals surface area contributed by atoms with Crippen LogP contribution in [0.15, 0.2) is 103 Å². The van der Waals surface area contributed by atoms with Gasteiger partial charge in [-0.05, 0) is 61.7 Å². The summed E-state index contributed by atoms with van der Waals surface area (Å²) < 4.78 is 6.29. The van der Waals surface area contributed by atoms with E-state index < -0.39 is 0 Å². The Bertz CT molecular complexity index is 1090. The number of hydrogen-bond donors (Lipinski definition) is 0. The van der Waals surface area contributed by atoms with Crippen molar-refractivity contribution in [2.45, 2.75) is 26.8 Å². The molecule has 0 aliphatic heterocycles. The molecule has 0 unspecified atom stereocenters. The molecule has 4 aromatic rings. The first-order chi connectivity index (χ1) is 15.2. The predicted molar refractivity (Wildman–Crippen MR) is 130 cm³/mol. The number of benzene rings is 4. The third-order valence-corrected chi connectivity index (χ3v) is 5.52. The van der Waals surface area contributed by atoms with Gasteiger partial charge in [0.2, 0.25) is 0 Å². The molecule has 4 rings (SSSR count). The molecule has 0 atom stereocenters. The number of ether oxygens (including phenoxy) is 1. The highest BCUT2D eigenvalue weighted by molar-refractivity contribution is 5.48. The van der Waals surface area contributed by atoms with Gasteiger partial charge in [-0.15, -0.1) is 0 Å². The van der Waals surface area contributed by atoms with E-state index >= 15 is 0 Å². The summed E-state index contributed by atoms with van der Waals surface area (Å²) in [5, 5.41) is 0. The van der Waals surface area contributed by atoms with Crippen LogP contribution in [0.4, 0.5) is 5.69 Å². The van der Waals surface area contributed by atoms with E-state index in [1.54, 1.807) is 0 Å². The minimum atomic E-state index is 0.808. The molecule has 0 saturated heterocycles. The van der Waals surface area contributed by atoms with Gasteiger partial charge in [-0.3, -0.25) is 0 Å². The molecule has 0 saturated carbocycles. The average molecular weight is 408 g/mol. The van der Waals surface area contributed by atoms with Gasteiger partial charge in [0.15, 0.2) is 0 Å². The van der Waals surface area contributed by atoms with Crippen molar-refractivity contribution in [2.24, 2.45) is 0 Å². The fraction of sp³-hybridized carbons (Fsp3) is 0.172. The average Bonchev–Trinajstić information content (AvgIpc) is 2.82. The molecular formula is C29H29NO. The Balaban J connectivity index is 1.46. The number of hydrogen-bond acceptors (Lipinski definition) is 2. The van der Waals surface area contributed by atoms with Crippen LogP contribution in [0.25, 0.3) is 0 Å². The fourth-order valence-electron chi connectivity index (χ4n) is 3.71. The third kappa shape index (κ3) is 5.55. The van der Waals surface area contributed by atoms with Gasteiger partial charge >= 0.3 is 0 Å². The Hall–Kier alpha value is -3.52. The molecule has 0 aliphatic carbocycles. The van der Waals surface area contributed by atoms with Crippen LogP contribution in [0, 0.1) is 6.92 Å². The molecule has 0 bridgehead atoms. The molecule has 0 fully saturated rings. The molecule has 0 N–H and O–H groups in total. The normalized spacial score (nSPS) is 10.6. The van der Waals surface area contributed by atoms with Crippen LogP contribution < -0.4 is 9.64 Å². The SMILES string of the molecule is CCN(Cc1ccccc1Oc1ccc(Cc2ccc(C)cc2)cc1)c1ccccc1.